The summed E-state index contributed by atoms with van der Waals surface area (Å²) < 4.78 is 37.9. The normalized spacial score (nSPS) is 11.5. The predicted octanol–water partition coefficient (Wildman–Crippen LogP) is 4.17. The smallest absolute Gasteiger partial charge is 0.366 e. The van der Waals surface area contributed by atoms with Gasteiger partial charge in [-0.1, -0.05) is 23.4 Å². The van der Waals surface area contributed by atoms with Crippen LogP contribution in [0.4, 0.5) is 13.2 Å². The van der Waals surface area contributed by atoms with E-state index in [2.05, 4.69) is 15.3 Å². The van der Waals surface area contributed by atoms with Crippen molar-refractivity contribution >= 4 is 46.9 Å². The van der Waals surface area contributed by atoms with Crippen molar-refractivity contribution in [1.82, 2.24) is 15.3 Å². The van der Waals surface area contributed by atoms with Gasteiger partial charge in [0.25, 0.3) is 5.91 Å². The molecule has 2 amide bonds. The molecular weight excluding hydrogens is 473 g/mol. The Morgan fingerprint density at radius 3 is 2.42 bits per heavy atom. The number of hydrogen-bond acceptors (Lipinski definition) is 6. The molecule has 12 heteroatoms. The molecular formula is C19H20ClF3N4O2S2. The number of hydrogen-bond donors (Lipinski definition) is 2. The molecule has 0 spiro atoms. The Bertz CT molecular complexity index is 1000. The minimum atomic E-state index is -4.51. The average molecular weight is 493 g/mol. The first kappa shape index (κ1) is 25.3. The monoisotopic (exact) mass is 492 g/mol. The zero-order valence-electron chi connectivity index (χ0n) is 16.9. The third kappa shape index (κ3) is 6.75. The summed E-state index contributed by atoms with van der Waals surface area (Å²) in [6.45, 7) is 5.70. The van der Waals surface area contributed by atoms with E-state index in [0.717, 1.165) is 52.6 Å². The van der Waals surface area contributed by atoms with Crippen molar-refractivity contribution in [3.05, 3.63) is 45.2 Å². The largest absolute Gasteiger partial charge is 0.417 e. The van der Waals surface area contributed by atoms with Crippen LogP contribution in [-0.2, 0) is 11.0 Å². The summed E-state index contributed by atoms with van der Waals surface area (Å²) in [7, 11) is 0. The maximum absolute atomic E-state index is 12.6. The van der Waals surface area contributed by atoms with E-state index in [4.69, 9.17) is 17.3 Å². The van der Waals surface area contributed by atoms with Gasteiger partial charge in [-0.3, -0.25) is 9.59 Å². The first-order chi connectivity index (χ1) is 14.4. The number of nitrogens with two attached hydrogens (primary N) is 1. The van der Waals surface area contributed by atoms with E-state index in [1.54, 1.807) is 6.92 Å². The lowest BCUT2D eigenvalue weighted by molar-refractivity contribution is -0.137. The van der Waals surface area contributed by atoms with Gasteiger partial charge in [0, 0.05) is 24.2 Å². The number of pyridine rings is 2. The van der Waals surface area contributed by atoms with E-state index in [1.165, 1.54) is 0 Å². The highest BCUT2D eigenvalue weighted by Gasteiger charge is 2.31. The third-order valence-corrected chi connectivity index (χ3v) is 6.73. The Balaban J connectivity index is 1.87. The zero-order chi connectivity index (χ0) is 23.3. The molecule has 168 valence electrons. The number of amides is 2. The third-order valence-electron chi connectivity index (χ3n) is 4.35. The molecule has 2 aromatic heterocycles. The zero-order valence-corrected chi connectivity index (χ0v) is 19.3. The summed E-state index contributed by atoms with van der Waals surface area (Å²) in [6, 6.07) is 0.820. The summed E-state index contributed by atoms with van der Waals surface area (Å²) >= 11 is 8.09. The molecule has 0 fully saturated rings. The minimum absolute atomic E-state index is 0.0270. The van der Waals surface area contributed by atoms with Gasteiger partial charge in [0.05, 0.1) is 21.9 Å². The molecule has 0 aliphatic rings. The van der Waals surface area contributed by atoms with E-state index in [0.29, 0.717) is 16.3 Å². The van der Waals surface area contributed by atoms with Crippen LogP contribution in [-0.4, -0.2) is 39.8 Å². The van der Waals surface area contributed by atoms with Crippen LogP contribution in [0.2, 0.25) is 5.02 Å². The fraction of sp³-hybridized carbons (Fsp3) is 0.368. The van der Waals surface area contributed by atoms with E-state index in [-0.39, 0.29) is 28.3 Å². The lowest BCUT2D eigenvalue weighted by Crippen LogP contribution is -2.27. The number of thioether (sulfide) groups is 2. The maximum atomic E-state index is 12.6. The van der Waals surface area contributed by atoms with Crippen molar-refractivity contribution in [2.75, 3.05) is 18.1 Å². The molecule has 0 aliphatic carbocycles. The number of carbonyl (C=O) groups excluding carboxylic acids is 2. The van der Waals surface area contributed by atoms with Gasteiger partial charge in [0.1, 0.15) is 10.1 Å². The van der Waals surface area contributed by atoms with E-state index < -0.39 is 17.6 Å². The van der Waals surface area contributed by atoms with Crippen molar-refractivity contribution in [2.24, 2.45) is 5.73 Å². The highest BCUT2D eigenvalue weighted by atomic mass is 35.5. The molecule has 0 aliphatic heterocycles. The van der Waals surface area contributed by atoms with Crippen LogP contribution in [0.25, 0.3) is 0 Å². The van der Waals surface area contributed by atoms with Crippen LogP contribution in [0.5, 0.6) is 0 Å². The Hall–Kier alpha value is -1.98. The SMILES string of the molecule is Cc1nc(SCC(=O)NCCSc2ncc(C(F)(F)F)cc2Cl)c(C(N)=O)c(C)c1C. The molecule has 0 saturated heterocycles. The molecule has 6 nitrogen and oxygen atoms in total. The maximum Gasteiger partial charge on any atom is 0.417 e. The van der Waals surface area contributed by atoms with Gasteiger partial charge in [-0.05, 0) is 38.0 Å². The van der Waals surface area contributed by atoms with Crippen molar-refractivity contribution in [3.63, 3.8) is 0 Å². The molecule has 0 bridgehead atoms. The lowest BCUT2D eigenvalue weighted by Gasteiger charge is -2.13. The quantitative estimate of drug-likeness (QED) is 0.424. The number of nitrogens with one attached hydrogen (secondary N) is 1. The van der Waals surface area contributed by atoms with Gasteiger partial charge >= 0.3 is 6.18 Å². The minimum Gasteiger partial charge on any atom is -0.366 e. The highest BCUT2D eigenvalue weighted by molar-refractivity contribution is 8.00. The van der Waals surface area contributed by atoms with Crippen LogP contribution < -0.4 is 11.1 Å². The topological polar surface area (TPSA) is 98.0 Å². The molecule has 0 aromatic carbocycles. The van der Waals surface area contributed by atoms with Gasteiger partial charge in [-0.25, -0.2) is 9.97 Å². The van der Waals surface area contributed by atoms with E-state index in [1.807, 2.05) is 13.8 Å². The average Bonchev–Trinajstić information content (AvgIpc) is 2.67. The van der Waals surface area contributed by atoms with Crippen LogP contribution in [0.1, 0.15) is 32.7 Å². The number of aromatic nitrogens is 2. The Morgan fingerprint density at radius 2 is 1.84 bits per heavy atom. The number of primary amides is 1. The number of alkyl halides is 3. The summed E-state index contributed by atoms with van der Waals surface area (Å²) in [5.41, 5.74) is 7.21. The molecule has 2 aromatic rings. The van der Waals surface area contributed by atoms with Crippen molar-refractivity contribution in [1.29, 1.82) is 0 Å². The fourth-order valence-corrected chi connectivity index (χ4v) is 4.54. The summed E-state index contributed by atoms with van der Waals surface area (Å²) in [4.78, 5) is 32.0. The van der Waals surface area contributed by atoms with Crippen LogP contribution in [0.3, 0.4) is 0 Å². The fourth-order valence-electron chi connectivity index (χ4n) is 2.52. The number of carbonyl (C=O) groups is 2. The van der Waals surface area contributed by atoms with E-state index in [9.17, 15) is 22.8 Å². The first-order valence-electron chi connectivity index (χ1n) is 8.94. The van der Waals surface area contributed by atoms with Crippen molar-refractivity contribution < 1.29 is 22.8 Å². The molecule has 2 rings (SSSR count). The van der Waals surface area contributed by atoms with Gasteiger partial charge < -0.3 is 11.1 Å². The standard InChI is InChI=1S/C19H20ClF3N4O2S2/c1-9-10(2)15(16(24)29)18(27-11(9)3)31-8-14(28)25-4-5-30-17-13(20)6-12(7-26-17)19(21,22)23/h6-7H,4-5,8H2,1-3H3,(H2,24,29)(H,25,28). The predicted molar refractivity (Wildman–Crippen MR) is 116 cm³/mol. The van der Waals surface area contributed by atoms with Crippen molar-refractivity contribution in [3.8, 4) is 0 Å². The Morgan fingerprint density at radius 1 is 1.16 bits per heavy atom. The van der Waals surface area contributed by atoms with Gasteiger partial charge in [-0.2, -0.15) is 13.2 Å². The number of nitrogens with zero attached hydrogens (tertiary/aromatic N) is 2. The number of rotatable bonds is 8. The summed E-state index contributed by atoms with van der Waals surface area (Å²) in [6.07, 6.45) is -3.79. The second-order valence-corrected chi connectivity index (χ2v) is 8.94. The molecule has 0 atom stereocenters. The highest BCUT2D eigenvalue weighted by Crippen LogP contribution is 2.33. The molecule has 0 saturated carbocycles. The van der Waals surface area contributed by atoms with E-state index >= 15 is 0 Å². The van der Waals surface area contributed by atoms with Gasteiger partial charge in [0.15, 0.2) is 0 Å². The molecule has 0 unspecified atom stereocenters. The molecule has 31 heavy (non-hydrogen) atoms. The summed E-state index contributed by atoms with van der Waals surface area (Å²) in [5, 5.41) is 3.24. The Kier molecular flexibility index (Phi) is 8.61. The lowest BCUT2D eigenvalue weighted by atomic mass is 10.0. The molecule has 2 heterocycles. The van der Waals surface area contributed by atoms with Gasteiger partial charge in [-0.15, -0.1) is 11.8 Å². The van der Waals surface area contributed by atoms with Crippen LogP contribution in [0.15, 0.2) is 22.3 Å². The molecule has 3 N–H and O–H groups in total. The number of halogens is 4. The molecule has 0 radical (unpaired) electrons. The second-order valence-electron chi connectivity index (χ2n) is 6.49. The van der Waals surface area contributed by atoms with Gasteiger partial charge in [0.2, 0.25) is 5.91 Å². The van der Waals surface area contributed by atoms with Crippen LogP contribution in [0, 0.1) is 20.8 Å². The van der Waals surface area contributed by atoms with Crippen LogP contribution >= 0.6 is 35.1 Å². The Labute approximate surface area is 190 Å². The summed E-state index contributed by atoms with van der Waals surface area (Å²) in [5.74, 6) is -0.500. The van der Waals surface area contributed by atoms with Crippen molar-refractivity contribution in [2.45, 2.75) is 37.0 Å². The second kappa shape index (κ2) is 10.6. The first-order valence-corrected chi connectivity index (χ1v) is 11.3. The number of aryl methyl sites for hydroxylation is 1.